The Bertz CT molecular complexity index is 1160. The number of methoxy groups -OCH3 is 1. The van der Waals surface area contributed by atoms with E-state index in [4.69, 9.17) is 4.74 Å². The molecule has 0 radical (unpaired) electrons. The zero-order chi connectivity index (χ0) is 23.3. The van der Waals surface area contributed by atoms with Crippen LogP contribution < -0.4 is 14.4 Å². The highest BCUT2D eigenvalue weighted by molar-refractivity contribution is 7.92. The second-order valence-corrected chi connectivity index (χ2v) is 9.23. The summed E-state index contributed by atoms with van der Waals surface area (Å²) in [4.78, 5) is 12.8. The molecule has 0 heterocycles. The van der Waals surface area contributed by atoms with E-state index >= 15 is 0 Å². The molecule has 0 fully saturated rings. The third kappa shape index (κ3) is 5.45. The predicted octanol–water partition coefficient (Wildman–Crippen LogP) is 4.22. The van der Waals surface area contributed by atoms with Gasteiger partial charge in [-0.2, -0.15) is 0 Å². The van der Waals surface area contributed by atoms with Crippen LogP contribution in [0.4, 0.5) is 10.1 Å². The zero-order valence-electron chi connectivity index (χ0n) is 18.1. The molecule has 3 aromatic carbocycles. The molecule has 0 saturated heterocycles. The quantitative estimate of drug-likeness (QED) is 0.551. The molecule has 8 heteroatoms. The smallest absolute Gasteiger partial charge is 0.264 e. The standard InChI is InChI=1S/C24H25FN2O4S/c1-17-4-6-19(7-5-17)18(2)26-24(28)16-27(21-10-8-20(25)9-11-21)32(29,30)23-14-12-22(31-3)13-15-23/h4-15,18H,16H2,1-3H3,(H,26,28)/t18-/m1/s1. The van der Waals surface area contributed by atoms with Gasteiger partial charge in [0.05, 0.1) is 23.7 Å². The molecular weight excluding hydrogens is 431 g/mol. The third-order valence-corrected chi connectivity index (χ3v) is 6.79. The van der Waals surface area contributed by atoms with Crippen molar-refractivity contribution in [1.82, 2.24) is 5.32 Å². The molecular formula is C24H25FN2O4S. The van der Waals surface area contributed by atoms with E-state index in [-0.39, 0.29) is 16.6 Å². The van der Waals surface area contributed by atoms with Crippen LogP contribution in [0, 0.1) is 12.7 Å². The summed E-state index contributed by atoms with van der Waals surface area (Å²) in [6.07, 6.45) is 0. The molecule has 3 aromatic rings. The van der Waals surface area contributed by atoms with Gasteiger partial charge in [0.1, 0.15) is 18.1 Å². The first kappa shape index (κ1) is 23.3. The average molecular weight is 457 g/mol. The molecule has 1 atom stereocenters. The van der Waals surface area contributed by atoms with Crippen molar-refractivity contribution in [3.05, 3.63) is 89.7 Å². The third-order valence-electron chi connectivity index (χ3n) is 5.00. The Morgan fingerprint density at radius 2 is 1.59 bits per heavy atom. The Kier molecular flexibility index (Phi) is 7.15. The van der Waals surface area contributed by atoms with Crippen molar-refractivity contribution in [3.63, 3.8) is 0 Å². The number of carbonyl (C=O) groups is 1. The molecule has 0 spiro atoms. The second-order valence-electron chi connectivity index (χ2n) is 7.36. The second kappa shape index (κ2) is 9.82. The summed E-state index contributed by atoms with van der Waals surface area (Å²) in [5.74, 6) is -0.491. The van der Waals surface area contributed by atoms with Crippen LogP contribution >= 0.6 is 0 Å². The highest BCUT2D eigenvalue weighted by Crippen LogP contribution is 2.25. The maximum Gasteiger partial charge on any atom is 0.264 e. The highest BCUT2D eigenvalue weighted by atomic mass is 32.2. The van der Waals surface area contributed by atoms with Crippen molar-refractivity contribution >= 4 is 21.6 Å². The Labute approximate surface area is 187 Å². The van der Waals surface area contributed by atoms with Gasteiger partial charge in [-0.05, 0) is 67.9 Å². The van der Waals surface area contributed by atoms with Crippen LogP contribution in [-0.2, 0) is 14.8 Å². The lowest BCUT2D eigenvalue weighted by Gasteiger charge is -2.25. The molecule has 168 valence electrons. The lowest BCUT2D eigenvalue weighted by Crippen LogP contribution is -2.41. The number of nitrogens with one attached hydrogen (secondary N) is 1. The lowest BCUT2D eigenvalue weighted by molar-refractivity contribution is -0.120. The van der Waals surface area contributed by atoms with E-state index in [0.29, 0.717) is 5.75 Å². The van der Waals surface area contributed by atoms with Crippen LogP contribution in [0.15, 0.2) is 77.7 Å². The Morgan fingerprint density at radius 1 is 1.00 bits per heavy atom. The first-order chi connectivity index (χ1) is 15.2. The van der Waals surface area contributed by atoms with E-state index in [9.17, 15) is 17.6 Å². The Morgan fingerprint density at radius 3 is 2.16 bits per heavy atom. The summed E-state index contributed by atoms with van der Waals surface area (Å²) in [7, 11) is -2.62. The van der Waals surface area contributed by atoms with Gasteiger partial charge in [0, 0.05) is 0 Å². The van der Waals surface area contributed by atoms with E-state index in [0.717, 1.165) is 27.6 Å². The number of hydrogen-bond donors (Lipinski definition) is 1. The van der Waals surface area contributed by atoms with Gasteiger partial charge in [0.2, 0.25) is 5.91 Å². The fourth-order valence-corrected chi connectivity index (χ4v) is 4.57. The molecule has 0 aromatic heterocycles. The fourth-order valence-electron chi connectivity index (χ4n) is 3.15. The van der Waals surface area contributed by atoms with Gasteiger partial charge in [-0.3, -0.25) is 9.10 Å². The number of rotatable bonds is 8. The topological polar surface area (TPSA) is 75.7 Å². The number of benzene rings is 3. The molecule has 1 N–H and O–H groups in total. The van der Waals surface area contributed by atoms with Gasteiger partial charge < -0.3 is 10.1 Å². The minimum Gasteiger partial charge on any atom is -0.497 e. The number of halogens is 1. The number of carbonyl (C=O) groups excluding carboxylic acids is 1. The summed E-state index contributed by atoms with van der Waals surface area (Å²) in [6.45, 7) is 3.33. The molecule has 0 bridgehead atoms. The van der Waals surface area contributed by atoms with Crippen molar-refractivity contribution in [2.75, 3.05) is 18.0 Å². The Balaban J connectivity index is 1.87. The average Bonchev–Trinajstić information content (AvgIpc) is 2.78. The van der Waals surface area contributed by atoms with Crippen LogP contribution in [0.2, 0.25) is 0 Å². The largest absolute Gasteiger partial charge is 0.497 e. The summed E-state index contributed by atoms with van der Waals surface area (Å²) < 4.78 is 46.2. The number of anilines is 1. The first-order valence-electron chi connectivity index (χ1n) is 9.99. The molecule has 0 aliphatic carbocycles. The maximum atomic E-state index is 13.4. The number of hydrogen-bond acceptors (Lipinski definition) is 4. The normalized spacial score (nSPS) is 12.1. The number of aryl methyl sites for hydroxylation is 1. The van der Waals surface area contributed by atoms with Crippen molar-refractivity contribution in [2.24, 2.45) is 0 Å². The fraction of sp³-hybridized carbons (Fsp3) is 0.208. The van der Waals surface area contributed by atoms with Gasteiger partial charge >= 0.3 is 0 Å². The SMILES string of the molecule is COc1ccc(S(=O)(=O)N(CC(=O)N[C@H](C)c2ccc(C)cc2)c2ccc(F)cc2)cc1. The molecule has 0 unspecified atom stereocenters. The monoisotopic (exact) mass is 456 g/mol. The maximum absolute atomic E-state index is 13.4. The number of sulfonamides is 1. The minimum absolute atomic E-state index is 0.0120. The van der Waals surface area contributed by atoms with E-state index in [1.165, 1.54) is 43.5 Å². The molecule has 0 aliphatic rings. The van der Waals surface area contributed by atoms with Gasteiger partial charge in [-0.1, -0.05) is 29.8 Å². The number of amides is 1. The van der Waals surface area contributed by atoms with E-state index in [1.807, 2.05) is 38.1 Å². The summed E-state index contributed by atoms with van der Waals surface area (Å²) in [6, 6.07) is 18.2. The van der Waals surface area contributed by atoms with Gasteiger partial charge in [-0.15, -0.1) is 0 Å². The van der Waals surface area contributed by atoms with Gasteiger partial charge in [0.15, 0.2) is 0 Å². The van der Waals surface area contributed by atoms with Crippen molar-refractivity contribution in [1.29, 1.82) is 0 Å². The van der Waals surface area contributed by atoms with E-state index in [1.54, 1.807) is 0 Å². The van der Waals surface area contributed by atoms with Crippen molar-refractivity contribution < 1.29 is 22.3 Å². The predicted molar refractivity (Wildman–Crippen MR) is 122 cm³/mol. The van der Waals surface area contributed by atoms with Gasteiger partial charge in [0.25, 0.3) is 10.0 Å². The van der Waals surface area contributed by atoms with Crippen LogP contribution in [0.1, 0.15) is 24.1 Å². The minimum atomic E-state index is -4.10. The zero-order valence-corrected chi connectivity index (χ0v) is 18.9. The number of ether oxygens (including phenoxy) is 1. The number of nitrogens with zero attached hydrogens (tertiary/aromatic N) is 1. The van der Waals surface area contributed by atoms with E-state index < -0.39 is 28.3 Å². The molecule has 1 amide bonds. The lowest BCUT2D eigenvalue weighted by atomic mass is 10.1. The van der Waals surface area contributed by atoms with Crippen molar-refractivity contribution in [3.8, 4) is 5.75 Å². The van der Waals surface area contributed by atoms with Crippen LogP contribution in [-0.4, -0.2) is 28.0 Å². The highest BCUT2D eigenvalue weighted by Gasteiger charge is 2.28. The summed E-state index contributed by atoms with van der Waals surface area (Å²) in [5, 5.41) is 2.83. The molecule has 0 saturated carbocycles. The molecule has 3 rings (SSSR count). The Hall–Kier alpha value is -3.39. The summed E-state index contributed by atoms with van der Waals surface area (Å²) >= 11 is 0. The van der Waals surface area contributed by atoms with Gasteiger partial charge in [-0.25, -0.2) is 12.8 Å². The molecule has 32 heavy (non-hydrogen) atoms. The van der Waals surface area contributed by atoms with Crippen LogP contribution in [0.5, 0.6) is 5.75 Å². The van der Waals surface area contributed by atoms with Crippen LogP contribution in [0.3, 0.4) is 0 Å². The molecule has 0 aliphatic heterocycles. The van der Waals surface area contributed by atoms with Crippen LogP contribution in [0.25, 0.3) is 0 Å². The summed E-state index contributed by atoms with van der Waals surface area (Å²) in [5.41, 5.74) is 2.18. The molecule has 6 nitrogen and oxygen atoms in total. The van der Waals surface area contributed by atoms with E-state index in [2.05, 4.69) is 5.32 Å². The van der Waals surface area contributed by atoms with Crippen molar-refractivity contribution in [2.45, 2.75) is 24.8 Å². The first-order valence-corrected chi connectivity index (χ1v) is 11.4.